The van der Waals surface area contributed by atoms with Crippen LogP contribution in [0.5, 0.6) is 0 Å². The minimum Gasteiger partial charge on any atom is -0.341 e. The molecular weight excluding hydrogens is 422 g/mol. The molecule has 3 heterocycles. The van der Waals surface area contributed by atoms with Crippen LogP contribution in [0.4, 0.5) is 0 Å². The van der Waals surface area contributed by atoms with Crippen molar-refractivity contribution in [2.24, 2.45) is 7.05 Å². The molecule has 5 nitrogen and oxygen atoms in total. The maximum Gasteiger partial charge on any atom is 0.263 e. The Hall–Kier alpha value is -2.42. The average Bonchev–Trinajstić information content (AvgIpc) is 3.39. The normalized spacial score (nSPS) is 11.1. The van der Waals surface area contributed by atoms with Crippen LogP contribution in [0, 0.1) is 0 Å². The van der Waals surface area contributed by atoms with Gasteiger partial charge < -0.3 is 4.90 Å². The molecule has 0 aliphatic carbocycles. The molecule has 0 spiro atoms. The second-order valence-electron chi connectivity index (χ2n) is 6.62. The number of benzene rings is 1. The number of amides is 1. The largest absolute Gasteiger partial charge is 0.341 e. The number of hydrogen-bond donors (Lipinski definition) is 0. The highest BCUT2D eigenvalue weighted by Gasteiger charge is 2.17. The van der Waals surface area contributed by atoms with Crippen molar-refractivity contribution in [3.8, 4) is 11.1 Å². The van der Waals surface area contributed by atoms with E-state index in [1.54, 1.807) is 30.3 Å². The molecule has 0 radical (unpaired) electrons. The van der Waals surface area contributed by atoms with Gasteiger partial charge in [-0.2, -0.15) is 11.3 Å². The van der Waals surface area contributed by atoms with Crippen molar-refractivity contribution in [2.75, 3.05) is 12.8 Å². The number of thiophene rings is 2. The predicted molar refractivity (Wildman–Crippen MR) is 122 cm³/mol. The first-order valence-corrected chi connectivity index (χ1v) is 11.8. The van der Waals surface area contributed by atoms with E-state index in [0.717, 1.165) is 16.7 Å². The molecule has 0 aliphatic rings. The summed E-state index contributed by atoms with van der Waals surface area (Å²) in [5.74, 6) is 0.246. The Morgan fingerprint density at radius 2 is 2.00 bits per heavy atom. The number of thioether (sulfide) groups is 1. The van der Waals surface area contributed by atoms with Crippen molar-refractivity contribution in [1.29, 1.82) is 0 Å². The van der Waals surface area contributed by atoms with Crippen LogP contribution in [0.15, 0.2) is 62.5 Å². The lowest BCUT2D eigenvalue weighted by Gasteiger charge is -2.16. The van der Waals surface area contributed by atoms with E-state index in [1.807, 2.05) is 52.5 Å². The SMILES string of the molecule is CN(Cc1ccsc1)C(=O)CSc1nc2scc(-c3ccccc3)c2c(=O)n1C. The van der Waals surface area contributed by atoms with E-state index in [4.69, 9.17) is 0 Å². The Labute approximate surface area is 180 Å². The van der Waals surface area contributed by atoms with Crippen LogP contribution >= 0.6 is 34.4 Å². The monoisotopic (exact) mass is 441 g/mol. The quantitative estimate of drug-likeness (QED) is 0.327. The van der Waals surface area contributed by atoms with Crippen molar-refractivity contribution in [1.82, 2.24) is 14.5 Å². The predicted octanol–water partition coefficient (Wildman–Crippen LogP) is 4.47. The Kier molecular flexibility index (Phi) is 5.84. The molecule has 0 saturated carbocycles. The van der Waals surface area contributed by atoms with Crippen LogP contribution in [-0.2, 0) is 18.4 Å². The van der Waals surface area contributed by atoms with Crippen molar-refractivity contribution in [2.45, 2.75) is 11.7 Å². The smallest absolute Gasteiger partial charge is 0.263 e. The molecule has 0 N–H and O–H groups in total. The van der Waals surface area contributed by atoms with Gasteiger partial charge in [0, 0.05) is 31.6 Å². The summed E-state index contributed by atoms with van der Waals surface area (Å²) in [6.07, 6.45) is 0. The van der Waals surface area contributed by atoms with Gasteiger partial charge in [-0.3, -0.25) is 14.2 Å². The van der Waals surface area contributed by atoms with Gasteiger partial charge in [0.1, 0.15) is 4.83 Å². The van der Waals surface area contributed by atoms with Crippen molar-refractivity contribution in [3.05, 3.63) is 68.5 Å². The number of nitrogens with zero attached hydrogens (tertiary/aromatic N) is 3. The number of carbonyl (C=O) groups is 1. The van der Waals surface area contributed by atoms with Crippen molar-refractivity contribution < 1.29 is 4.79 Å². The van der Waals surface area contributed by atoms with E-state index < -0.39 is 0 Å². The molecule has 148 valence electrons. The Morgan fingerprint density at radius 3 is 2.72 bits per heavy atom. The number of carbonyl (C=O) groups excluding carboxylic acids is 1. The first-order chi connectivity index (χ1) is 14.0. The number of hydrogen-bond acceptors (Lipinski definition) is 6. The van der Waals surface area contributed by atoms with E-state index in [9.17, 15) is 9.59 Å². The van der Waals surface area contributed by atoms with Gasteiger partial charge in [0.2, 0.25) is 5.91 Å². The van der Waals surface area contributed by atoms with Crippen LogP contribution in [0.2, 0.25) is 0 Å². The summed E-state index contributed by atoms with van der Waals surface area (Å²) in [6.45, 7) is 0.583. The zero-order chi connectivity index (χ0) is 20.4. The zero-order valence-electron chi connectivity index (χ0n) is 16.0. The van der Waals surface area contributed by atoms with Crippen LogP contribution in [0.25, 0.3) is 21.3 Å². The lowest BCUT2D eigenvalue weighted by atomic mass is 10.1. The summed E-state index contributed by atoms with van der Waals surface area (Å²) in [5.41, 5.74) is 2.94. The van der Waals surface area contributed by atoms with Gasteiger partial charge in [0.05, 0.1) is 11.1 Å². The number of fused-ring (bicyclic) bond motifs is 1. The van der Waals surface area contributed by atoms with Gasteiger partial charge >= 0.3 is 0 Å². The lowest BCUT2D eigenvalue weighted by Crippen LogP contribution is -2.28. The van der Waals surface area contributed by atoms with Gasteiger partial charge in [-0.25, -0.2) is 4.98 Å². The van der Waals surface area contributed by atoms with E-state index in [-0.39, 0.29) is 17.2 Å². The molecule has 3 aromatic heterocycles. The molecule has 0 atom stereocenters. The van der Waals surface area contributed by atoms with E-state index in [2.05, 4.69) is 4.98 Å². The van der Waals surface area contributed by atoms with Crippen LogP contribution in [-0.4, -0.2) is 33.2 Å². The molecule has 0 unspecified atom stereocenters. The fraction of sp³-hybridized carbons (Fsp3) is 0.190. The molecule has 4 aromatic rings. The molecule has 0 fully saturated rings. The highest BCUT2D eigenvalue weighted by atomic mass is 32.2. The van der Waals surface area contributed by atoms with E-state index >= 15 is 0 Å². The first kappa shape index (κ1) is 19.9. The van der Waals surface area contributed by atoms with Gasteiger partial charge in [-0.05, 0) is 28.0 Å². The molecule has 1 amide bonds. The third-order valence-electron chi connectivity index (χ3n) is 4.61. The molecule has 1 aromatic carbocycles. The van der Waals surface area contributed by atoms with Gasteiger partial charge in [-0.15, -0.1) is 11.3 Å². The summed E-state index contributed by atoms with van der Waals surface area (Å²) in [4.78, 5) is 32.6. The van der Waals surface area contributed by atoms with Crippen molar-refractivity contribution >= 4 is 50.6 Å². The number of aromatic nitrogens is 2. The maximum atomic E-state index is 13.0. The Morgan fingerprint density at radius 1 is 1.21 bits per heavy atom. The highest BCUT2D eigenvalue weighted by molar-refractivity contribution is 7.99. The minimum absolute atomic E-state index is 0.00620. The molecule has 0 saturated heterocycles. The fourth-order valence-electron chi connectivity index (χ4n) is 2.99. The third-order valence-corrected chi connectivity index (χ3v) is 7.23. The maximum absolute atomic E-state index is 13.0. The van der Waals surface area contributed by atoms with Crippen molar-refractivity contribution in [3.63, 3.8) is 0 Å². The average molecular weight is 442 g/mol. The third kappa shape index (κ3) is 4.14. The Balaban J connectivity index is 1.55. The van der Waals surface area contributed by atoms with Gasteiger partial charge in [0.25, 0.3) is 5.56 Å². The second-order valence-corrected chi connectivity index (χ2v) is 9.20. The second kappa shape index (κ2) is 8.52. The highest BCUT2D eigenvalue weighted by Crippen LogP contribution is 2.31. The topological polar surface area (TPSA) is 55.2 Å². The zero-order valence-corrected chi connectivity index (χ0v) is 18.4. The number of rotatable bonds is 6. The van der Waals surface area contributed by atoms with Crippen LogP contribution in [0.1, 0.15) is 5.56 Å². The van der Waals surface area contributed by atoms with Crippen LogP contribution in [0.3, 0.4) is 0 Å². The fourth-order valence-corrected chi connectivity index (χ4v) is 5.55. The molecule has 29 heavy (non-hydrogen) atoms. The summed E-state index contributed by atoms with van der Waals surface area (Å²) < 4.78 is 1.54. The summed E-state index contributed by atoms with van der Waals surface area (Å²) >= 11 is 4.38. The lowest BCUT2D eigenvalue weighted by molar-refractivity contribution is -0.127. The molecule has 0 bridgehead atoms. The van der Waals surface area contributed by atoms with E-state index in [0.29, 0.717) is 21.9 Å². The Bertz CT molecular complexity index is 1200. The molecule has 0 aliphatic heterocycles. The molecule has 4 rings (SSSR count). The summed E-state index contributed by atoms with van der Waals surface area (Å²) in [7, 11) is 3.50. The molecule has 8 heteroatoms. The summed E-state index contributed by atoms with van der Waals surface area (Å²) in [5, 5.41) is 7.21. The van der Waals surface area contributed by atoms with Crippen LogP contribution < -0.4 is 5.56 Å². The standard InChI is InChI=1S/C21H19N3O2S3/c1-23(10-14-8-9-27-11-14)17(25)13-29-21-22-19-18(20(26)24(21)2)16(12-28-19)15-6-4-3-5-7-15/h3-9,11-12H,10,13H2,1-2H3. The summed E-state index contributed by atoms with van der Waals surface area (Å²) in [6, 6.07) is 11.9. The van der Waals surface area contributed by atoms with Gasteiger partial charge in [0.15, 0.2) is 5.16 Å². The minimum atomic E-state index is -0.0864. The molecular formula is C21H19N3O2S3. The van der Waals surface area contributed by atoms with E-state index in [1.165, 1.54) is 27.7 Å². The van der Waals surface area contributed by atoms with Gasteiger partial charge in [-0.1, -0.05) is 42.1 Å². The first-order valence-electron chi connectivity index (χ1n) is 8.96.